The Morgan fingerprint density at radius 1 is 1.39 bits per heavy atom. The third-order valence-corrected chi connectivity index (χ3v) is 5.65. The van der Waals surface area contributed by atoms with Crippen LogP contribution in [0.4, 0.5) is 0 Å². The number of ether oxygens (including phenoxy) is 2. The van der Waals surface area contributed by atoms with E-state index < -0.39 is 23.3 Å². The quantitative estimate of drug-likeness (QED) is 0.319. The summed E-state index contributed by atoms with van der Waals surface area (Å²) in [5.41, 5.74) is -3.06. The normalized spacial score (nSPS) is 26.3. The molecule has 2 aliphatic rings. The lowest BCUT2D eigenvalue weighted by Crippen LogP contribution is -2.63. The summed E-state index contributed by atoms with van der Waals surface area (Å²) in [7, 11) is 0. The Labute approximate surface area is 165 Å². The van der Waals surface area contributed by atoms with Crippen molar-refractivity contribution in [2.45, 2.75) is 70.5 Å². The molecular formula is C20H31NO7. The molecule has 0 radical (unpaired) electrons. The average Bonchev–Trinajstić information content (AvgIpc) is 3.20. The lowest BCUT2D eigenvalue weighted by Gasteiger charge is -2.38. The predicted octanol–water partition coefficient (Wildman–Crippen LogP) is 0.305. The van der Waals surface area contributed by atoms with E-state index in [-0.39, 0.29) is 24.7 Å². The molecule has 0 aromatic heterocycles. The molecule has 2 heterocycles. The lowest BCUT2D eigenvalue weighted by molar-refractivity contribution is -0.213. The molecule has 0 saturated carbocycles. The molecule has 28 heavy (non-hydrogen) atoms. The molecule has 1 saturated heterocycles. The average molecular weight is 397 g/mol. The van der Waals surface area contributed by atoms with E-state index in [1.54, 1.807) is 19.9 Å². The van der Waals surface area contributed by atoms with Gasteiger partial charge in [-0.3, -0.25) is 4.90 Å². The van der Waals surface area contributed by atoms with Gasteiger partial charge in [0.25, 0.3) is 0 Å². The summed E-state index contributed by atoms with van der Waals surface area (Å²) in [4.78, 5) is 26.7. The summed E-state index contributed by atoms with van der Waals surface area (Å²) in [5, 5.41) is 30.5. The van der Waals surface area contributed by atoms with E-state index in [9.17, 15) is 24.9 Å². The Kier molecular flexibility index (Phi) is 6.70. The fourth-order valence-electron chi connectivity index (χ4n) is 3.66. The SMILES string of the molecule is C/C=C(/C)C(=O)O[C@H]1CCN2CC=C(COC(=O)C(O)(C(C)O)C(C)(C)O)[C@H]12. The van der Waals surface area contributed by atoms with Gasteiger partial charge in [-0.1, -0.05) is 12.2 Å². The zero-order valence-corrected chi connectivity index (χ0v) is 17.1. The molecule has 0 aromatic rings. The van der Waals surface area contributed by atoms with Crippen molar-refractivity contribution in [2.75, 3.05) is 19.7 Å². The Hall–Kier alpha value is -1.74. The molecule has 0 bridgehead atoms. The van der Waals surface area contributed by atoms with Crippen LogP contribution in [0.2, 0.25) is 0 Å². The van der Waals surface area contributed by atoms with Gasteiger partial charge in [0.2, 0.25) is 5.60 Å². The van der Waals surface area contributed by atoms with E-state index in [0.29, 0.717) is 18.5 Å². The Morgan fingerprint density at radius 2 is 2.04 bits per heavy atom. The zero-order chi connectivity index (χ0) is 21.3. The number of allylic oxidation sites excluding steroid dienone is 1. The second-order valence-electron chi connectivity index (χ2n) is 8.00. The number of hydrogen-bond acceptors (Lipinski definition) is 8. The largest absolute Gasteiger partial charge is 0.459 e. The van der Waals surface area contributed by atoms with Crippen molar-refractivity contribution >= 4 is 11.9 Å². The maximum absolute atomic E-state index is 12.5. The maximum Gasteiger partial charge on any atom is 0.344 e. The summed E-state index contributed by atoms with van der Waals surface area (Å²) in [6.45, 7) is 8.42. The van der Waals surface area contributed by atoms with Gasteiger partial charge in [0.1, 0.15) is 18.3 Å². The van der Waals surface area contributed by atoms with E-state index in [2.05, 4.69) is 4.90 Å². The summed E-state index contributed by atoms with van der Waals surface area (Å²) in [6.07, 6.45) is 2.40. The van der Waals surface area contributed by atoms with Crippen molar-refractivity contribution in [3.05, 3.63) is 23.3 Å². The molecule has 4 atom stereocenters. The number of hydrogen-bond donors (Lipinski definition) is 3. The van der Waals surface area contributed by atoms with Gasteiger partial charge in [0.05, 0.1) is 12.1 Å². The summed E-state index contributed by atoms with van der Waals surface area (Å²) in [5.74, 6) is -1.48. The fourth-order valence-corrected chi connectivity index (χ4v) is 3.66. The minimum absolute atomic E-state index is 0.123. The maximum atomic E-state index is 12.5. The van der Waals surface area contributed by atoms with Gasteiger partial charge in [0, 0.05) is 18.7 Å². The monoisotopic (exact) mass is 397 g/mol. The number of aliphatic hydroxyl groups excluding tert-OH is 1. The van der Waals surface area contributed by atoms with Gasteiger partial charge in [-0.05, 0) is 46.6 Å². The molecular weight excluding hydrogens is 366 g/mol. The standard InChI is InChI=1S/C20H31NO7/c1-6-12(2)17(23)28-15-8-10-21-9-7-14(16(15)21)11-27-18(24)20(26,13(3)22)19(4,5)25/h6-7,13,15-16,22,25-26H,8-11H2,1-5H3/b12-6-/t13?,15-,16+,20?/m0/s1. The van der Waals surface area contributed by atoms with E-state index in [4.69, 9.17) is 9.47 Å². The molecule has 1 fully saturated rings. The Balaban J connectivity index is 2.06. The van der Waals surface area contributed by atoms with Crippen LogP contribution in [0.3, 0.4) is 0 Å². The molecule has 2 rings (SSSR count). The zero-order valence-electron chi connectivity index (χ0n) is 17.1. The molecule has 2 aliphatic heterocycles. The third-order valence-electron chi connectivity index (χ3n) is 5.65. The van der Waals surface area contributed by atoms with E-state index in [0.717, 1.165) is 12.1 Å². The first-order valence-electron chi connectivity index (χ1n) is 9.50. The van der Waals surface area contributed by atoms with Gasteiger partial charge in [-0.15, -0.1) is 0 Å². The van der Waals surface area contributed by atoms with Crippen LogP contribution < -0.4 is 0 Å². The van der Waals surface area contributed by atoms with Crippen LogP contribution in [0.15, 0.2) is 23.3 Å². The van der Waals surface area contributed by atoms with Crippen LogP contribution in [-0.4, -0.2) is 81.3 Å². The van der Waals surface area contributed by atoms with Gasteiger partial charge in [0.15, 0.2) is 0 Å². The van der Waals surface area contributed by atoms with Crippen LogP contribution in [0.25, 0.3) is 0 Å². The van der Waals surface area contributed by atoms with E-state index >= 15 is 0 Å². The van der Waals surface area contributed by atoms with Crippen LogP contribution in [0, 0.1) is 0 Å². The molecule has 0 aliphatic carbocycles. The van der Waals surface area contributed by atoms with Gasteiger partial charge in [-0.25, -0.2) is 9.59 Å². The van der Waals surface area contributed by atoms with Crippen molar-refractivity contribution < 1.29 is 34.4 Å². The van der Waals surface area contributed by atoms with Crippen molar-refractivity contribution in [3.8, 4) is 0 Å². The van der Waals surface area contributed by atoms with Crippen LogP contribution >= 0.6 is 0 Å². The number of carbonyl (C=O) groups is 2. The van der Waals surface area contributed by atoms with Crippen LogP contribution in [0.1, 0.15) is 41.0 Å². The van der Waals surface area contributed by atoms with Gasteiger partial charge in [-0.2, -0.15) is 0 Å². The highest BCUT2D eigenvalue weighted by Gasteiger charge is 2.54. The van der Waals surface area contributed by atoms with Crippen molar-refractivity contribution in [3.63, 3.8) is 0 Å². The second-order valence-corrected chi connectivity index (χ2v) is 8.00. The number of carbonyl (C=O) groups excluding carboxylic acids is 2. The van der Waals surface area contributed by atoms with Crippen LogP contribution in [0.5, 0.6) is 0 Å². The highest BCUT2D eigenvalue weighted by atomic mass is 16.6. The Morgan fingerprint density at radius 3 is 2.57 bits per heavy atom. The smallest absolute Gasteiger partial charge is 0.344 e. The highest BCUT2D eigenvalue weighted by Crippen LogP contribution is 2.33. The van der Waals surface area contributed by atoms with E-state index in [1.165, 1.54) is 20.8 Å². The van der Waals surface area contributed by atoms with Crippen LogP contribution in [-0.2, 0) is 19.1 Å². The molecule has 8 heteroatoms. The highest BCUT2D eigenvalue weighted by molar-refractivity contribution is 5.87. The first-order chi connectivity index (χ1) is 12.9. The number of aliphatic hydroxyl groups is 3. The topological polar surface area (TPSA) is 117 Å². The van der Waals surface area contributed by atoms with E-state index in [1.807, 2.05) is 6.08 Å². The summed E-state index contributed by atoms with van der Waals surface area (Å²) >= 11 is 0. The van der Waals surface area contributed by atoms with Gasteiger partial charge >= 0.3 is 11.9 Å². The minimum Gasteiger partial charge on any atom is -0.459 e. The first-order valence-corrected chi connectivity index (χ1v) is 9.50. The second kappa shape index (κ2) is 8.32. The lowest BCUT2D eigenvalue weighted by atomic mass is 9.81. The molecule has 0 spiro atoms. The third kappa shape index (κ3) is 4.15. The molecule has 2 unspecified atom stereocenters. The number of nitrogens with zero attached hydrogens (tertiary/aromatic N) is 1. The first kappa shape index (κ1) is 22.5. The minimum atomic E-state index is -2.46. The van der Waals surface area contributed by atoms with Crippen molar-refractivity contribution in [1.82, 2.24) is 4.90 Å². The fraction of sp³-hybridized carbons (Fsp3) is 0.700. The van der Waals surface area contributed by atoms with Gasteiger partial charge < -0.3 is 24.8 Å². The number of esters is 2. The summed E-state index contributed by atoms with van der Waals surface area (Å²) < 4.78 is 10.9. The molecule has 0 amide bonds. The molecule has 0 aromatic carbocycles. The molecule has 8 nitrogen and oxygen atoms in total. The Bertz CT molecular complexity index is 677. The summed E-state index contributed by atoms with van der Waals surface area (Å²) in [6, 6.07) is -0.191. The molecule has 158 valence electrons. The molecule has 3 N–H and O–H groups in total. The van der Waals surface area contributed by atoms with Crippen molar-refractivity contribution in [1.29, 1.82) is 0 Å². The number of rotatable bonds is 7. The van der Waals surface area contributed by atoms with Crippen molar-refractivity contribution in [2.24, 2.45) is 0 Å². The number of fused-ring (bicyclic) bond motifs is 1. The predicted molar refractivity (Wildman–Crippen MR) is 101 cm³/mol.